The molecule has 2 aliphatic heterocycles. The molecule has 4 rings (SSSR count). The van der Waals surface area contributed by atoms with E-state index in [1.807, 2.05) is 18.9 Å². The molecule has 0 aliphatic carbocycles. The number of carboxylic acid groups (broad SMARTS) is 1. The van der Waals surface area contributed by atoms with Gasteiger partial charge in [-0.05, 0) is 83.1 Å². The lowest BCUT2D eigenvalue weighted by molar-refractivity contribution is -0.163. The SMILES string of the molecule is Cc1c(O)ccc(C(=O)CCCCN(CCCNC(=O)c2ccc(O)c(O)c2F)CCN(C)CC2=C(C(=O)O)N3C(=O)[C@H]([C@@H](C)O)[C@H]3[C@H]2C)c1F. The molecule has 2 heterocycles. The van der Waals surface area contributed by atoms with Crippen LogP contribution in [0.5, 0.6) is 17.2 Å². The van der Waals surface area contributed by atoms with Crippen LogP contribution in [0.2, 0.25) is 0 Å². The smallest absolute Gasteiger partial charge is 0.352 e. The van der Waals surface area contributed by atoms with Crippen LogP contribution < -0.4 is 5.32 Å². The van der Waals surface area contributed by atoms with Gasteiger partial charge in [0.2, 0.25) is 5.91 Å². The lowest BCUT2D eigenvalue weighted by Gasteiger charge is -2.46. The van der Waals surface area contributed by atoms with E-state index in [4.69, 9.17) is 0 Å². The van der Waals surface area contributed by atoms with Gasteiger partial charge in [-0.25, -0.2) is 13.6 Å². The predicted molar refractivity (Wildman–Crippen MR) is 181 cm³/mol. The largest absolute Gasteiger partial charge is 0.508 e. The summed E-state index contributed by atoms with van der Waals surface area (Å²) in [6.07, 6.45) is 0.654. The van der Waals surface area contributed by atoms with Crippen LogP contribution in [0.4, 0.5) is 8.78 Å². The molecule has 2 aromatic rings. The number of amides is 2. The van der Waals surface area contributed by atoms with Gasteiger partial charge in [0.05, 0.1) is 29.2 Å². The number of aliphatic hydroxyl groups is 1. The van der Waals surface area contributed by atoms with Crippen molar-refractivity contribution >= 4 is 23.6 Å². The summed E-state index contributed by atoms with van der Waals surface area (Å²) in [5.74, 6) is -7.59. The first-order chi connectivity index (χ1) is 24.1. The predicted octanol–water partition coefficient (Wildman–Crippen LogP) is 2.99. The topological polar surface area (TPSA) is 191 Å². The van der Waals surface area contributed by atoms with Crippen molar-refractivity contribution in [2.45, 2.75) is 58.6 Å². The van der Waals surface area contributed by atoms with Crippen LogP contribution in [0, 0.1) is 30.4 Å². The molecule has 0 radical (unpaired) electrons. The molecule has 2 aromatic carbocycles. The molecule has 6 N–H and O–H groups in total. The third kappa shape index (κ3) is 8.48. The molecule has 278 valence electrons. The van der Waals surface area contributed by atoms with Crippen molar-refractivity contribution in [3.05, 3.63) is 63.9 Å². The number of fused-ring (bicyclic) bond motifs is 1. The molecule has 1 fully saturated rings. The minimum atomic E-state index is -1.23. The van der Waals surface area contributed by atoms with E-state index >= 15 is 0 Å². The van der Waals surface area contributed by atoms with Crippen molar-refractivity contribution in [3.63, 3.8) is 0 Å². The lowest BCUT2D eigenvalue weighted by Crippen LogP contribution is -2.63. The molecule has 1 saturated heterocycles. The van der Waals surface area contributed by atoms with Gasteiger partial charge in [-0.15, -0.1) is 0 Å². The highest BCUT2D eigenvalue weighted by Crippen LogP contribution is 2.47. The number of hydrogen-bond acceptors (Lipinski definition) is 10. The van der Waals surface area contributed by atoms with E-state index in [9.17, 15) is 53.5 Å². The van der Waals surface area contributed by atoms with Crippen molar-refractivity contribution in [1.29, 1.82) is 0 Å². The molecule has 0 saturated carbocycles. The summed E-state index contributed by atoms with van der Waals surface area (Å²) in [6.45, 7) is 7.23. The quantitative estimate of drug-likeness (QED) is 0.0576. The number of aliphatic hydroxyl groups excluding tert-OH is 1. The summed E-state index contributed by atoms with van der Waals surface area (Å²) in [5, 5.41) is 51.5. The highest BCUT2D eigenvalue weighted by molar-refractivity contribution is 6.00. The van der Waals surface area contributed by atoms with Crippen molar-refractivity contribution in [1.82, 2.24) is 20.0 Å². The molecule has 0 bridgehead atoms. The van der Waals surface area contributed by atoms with Gasteiger partial charge in [-0.3, -0.25) is 14.4 Å². The summed E-state index contributed by atoms with van der Waals surface area (Å²) >= 11 is 0. The van der Waals surface area contributed by atoms with Gasteiger partial charge >= 0.3 is 5.97 Å². The fourth-order valence-corrected chi connectivity index (χ4v) is 6.85. The number of carboxylic acids is 1. The number of nitrogens with zero attached hydrogens (tertiary/aromatic N) is 3. The van der Waals surface area contributed by atoms with E-state index in [0.29, 0.717) is 51.0 Å². The van der Waals surface area contributed by atoms with Crippen LogP contribution in [-0.2, 0) is 9.59 Å². The third-order valence-electron chi connectivity index (χ3n) is 9.82. The van der Waals surface area contributed by atoms with Crippen molar-refractivity contribution < 1.29 is 53.5 Å². The zero-order valence-corrected chi connectivity index (χ0v) is 29.2. The minimum Gasteiger partial charge on any atom is -0.508 e. The summed E-state index contributed by atoms with van der Waals surface area (Å²) < 4.78 is 28.8. The van der Waals surface area contributed by atoms with Crippen LogP contribution in [0.15, 0.2) is 35.5 Å². The van der Waals surface area contributed by atoms with Crippen LogP contribution >= 0.6 is 0 Å². The number of phenolic OH excluding ortho intramolecular Hbond substituents is 3. The third-order valence-corrected chi connectivity index (χ3v) is 9.82. The number of benzene rings is 2. The Hall–Kier alpha value is -4.60. The lowest BCUT2D eigenvalue weighted by atomic mass is 9.77. The first-order valence-corrected chi connectivity index (χ1v) is 16.9. The number of carbonyl (C=O) groups excluding carboxylic acids is 3. The molecule has 2 amide bonds. The van der Waals surface area contributed by atoms with Gasteiger partial charge in [0.25, 0.3) is 5.91 Å². The van der Waals surface area contributed by atoms with Crippen LogP contribution in [0.1, 0.15) is 65.8 Å². The number of halogens is 2. The van der Waals surface area contributed by atoms with Gasteiger partial charge in [-0.1, -0.05) is 6.92 Å². The number of unbranched alkanes of at least 4 members (excludes halogenated alkanes) is 1. The molecule has 51 heavy (non-hydrogen) atoms. The standard InChI is InChI=1S/C36H46F2N4O9/c1-19-24(32(36(50)51)42-31(19)28(21(3)43)35(42)49)18-40(4)16-17-41(14-6-5-8-26(45)22-9-11-25(44)20(2)29(22)37)15-7-13-39-34(48)23-10-12-27(46)33(47)30(23)38/h9-12,19,21,28,31,43-44,46-47H,5-8,13-18H2,1-4H3,(H,39,48)(H,50,51)/t19-,21+,28+,31+/m0/s1. The Labute approximate surface area is 294 Å². The van der Waals surface area contributed by atoms with Gasteiger partial charge in [0.1, 0.15) is 17.3 Å². The Morgan fingerprint density at radius 1 is 0.941 bits per heavy atom. The number of nitrogens with one attached hydrogen (secondary N) is 1. The summed E-state index contributed by atoms with van der Waals surface area (Å²) in [6, 6.07) is 4.21. The number of Topliss-reactive ketones (excluding diaryl/α,β-unsaturated/α-hetero) is 1. The minimum absolute atomic E-state index is 0.00522. The zero-order chi connectivity index (χ0) is 37.7. The van der Waals surface area contributed by atoms with Gasteiger partial charge in [0.15, 0.2) is 23.1 Å². The second-order valence-corrected chi connectivity index (χ2v) is 13.4. The average molecular weight is 717 g/mol. The second-order valence-electron chi connectivity index (χ2n) is 13.4. The molecule has 2 aliphatic rings. The fraction of sp³-hybridized carbons (Fsp3) is 0.500. The van der Waals surface area contributed by atoms with Crippen LogP contribution in [0.25, 0.3) is 0 Å². The first kappa shape index (κ1) is 39.2. The van der Waals surface area contributed by atoms with Gasteiger partial charge in [0, 0.05) is 44.1 Å². The number of hydrogen-bond donors (Lipinski definition) is 6. The summed E-state index contributed by atoms with van der Waals surface area (Å²) in [4.78, 5) is 55.5. The zero-order valence-electron chi connectivity index (χ0n) is 29.2. The molecule has 4 atom stereocenters. The Morgan fingerprint density at radius 3 is 2.25 bits per heavy atom. The number of aliphatic carboxylic acids is 1. The first-order valence-electron chi connectivity index (χ1n) is 16.9. The van der Waals surface area contributed by atoms with Gasteiger partial charge in [-0.2, -0.15) is 0 Å². The molecular weight excluding hydrogens is 670 g/mol. The maximum absolute atomic E-state index is 14.5. The second kappa shape index (κ2) is 16.6. The molecule has 13 nitrogen and oxygen atoms in total. The number of ketones is 1. The Morgan fingerprint density at radius 2 is 1.59 bits per heavy atom. The van der Waals surface area contributed by atoms with Crippen LogP contribution in [0.3, 0.4) is 0 Å². The normalized spacial score (nSPS) is 19.0. The molecule has 0 unspecified atom stereocenters. The van der Waals surface area contributed by atoms with E-state index in [1.54, 1.807) is 0 Å². The molecular formula is C36H46F2N4O9. The molecule has 0 aromatic heterocycles. The Kier molecular flexibility index (Phi) is 12.8. The van der Waals surface area contributed by atoms with E-state index in [1.165, 1.54) is 30.9 Å². The monoisotopic (exact) mass is 716 g/mol. The number of carbonyl (C=O) groups is 4. The van der Waals surface area contributed by atoms with Crippen molar-refractivity contribution in [2.75, 3.05) is 46.3 Å². The van der Waals surface area contributed by atoms with E-state index < -0.39 is 64.5 Å². The fourth-order valence-electron chi connectivity index (χ4n) is 6.85. The Balaban J connectivity index is 1.36. The average Bonchev–Trinajstić information content (AvgIpc) is 3.31. The highest BCUT2D eigenvalue weighted by atomic mass is 19.1. The van der Waals surface area contributed by atoms with Crippen LogP contribution in [-0.4, -0.2) is 122 Å². The maximum Gasteiger partial charge on any atom is 0.352 e. The molecule has 15 heteroatoms. The number of β-lactam (4-membered cyclic amide) rings is 1. The number of phenols is 3. The van der Waals surface area contributed by atoms with Crippen molar-refractivity contribution in [2.24, 2.45) is 11.8 Å². The number of rotatable bonds is 18. The van der Waals surface area contributed by atoms with E-state index in [2.05, 4.69) is 10.2 Å². The van der Waals surface area contributed by atoms with Crippen molar-refractivity contribution in [3.8, 4) is 17.2 Å². The number of aromatic hydroxyl groups is 3. The van der Waals surface area contributed by atoms with E-state index in [-0.39, 0.29) is 53.8 Å². The maximum atomic E-state index is 14.5. The summed E-state index contributed by atoms with van der Waals surface area (Å²) in [7, 11) is 1.83. The number of likely N-dealkylation sites (N-methyl/N-ethyl adjacent to an activating group) is 1. The van der Waals surface area contributed by atoms with E-state index in [0.717, 1.165) is 12.1 Å². The van der Waals surface area contributed by atoms with Gasteiger partial charge < -0.3 is 45.5 Å². The highest BCUT2D eigenvalue weighted by Gasteiger charge is 2.59. The summed E-state index contributed by atoms with van der Waals surface area (Å²) in [5.41, 5.74) is 0.0580. The molecule has 0 spiro atoms. The Bertz CT molecular complexity index is 1620.